The van der Waals surface area contributed by atoms with Crippen LogP contribution in [0.25, 0.3) is 0 Å². The molecule has 0 aliphatic carbocycles. The van der Waals surface area contributed by atoms with Crippen molar-refractivity contribution in [3.05, 3.63) is 79.1 Å². The maximum Gasteiger partial charge on any atom is 0.296 e. The van der Waals surface area contributed by atoms with Gasteiger partial charge < -0.3 is 9.72 Å². The molecule has 3 rings (SSSR count). The van der Waals surface area contributed by atoms with Gasteiger partial charge >= 0.3 is 0 Å². The molecule has 0 spiro atoms. The number of aromatic amines is 1. The zero-order valence-electron chi connectivity index (χ0n) is 17.0. The zero-order valence-corrected chi connectivity index (χ0v) is 17.7. The minimum atomic E-state index is -0.472. The lowest BCUT2D eigenvalue weighted by molar-refractivity contribution is 0.458. The number of halogens is 1. The Morgan fingerprint density at radius 1 is 1.23 bits per heavy atom. The van der Waals surface area contributed by atoms with Gasteiger partial charge in [-0.25, -0.2) is 9.97 Å². The van der Waals surface area contributed by atoms with Crippen molar-refractivity contribution < 1.29 is 4.74 Å². The fraction of sp³-hybridized carbons (Fsp3) is 0.286. The van der Waals surface area contributed by atoms with Crippen molar-refractivity contribution in [2.45, 2.75) is 39.7 Å². The minimum Gasteiger partial charge on any atom is -0.450 e. The van der Waals surface area contributed by atoms with Crippen molar-refractivity contribution in [1.29, 1.82) is 5.26 Å². The first-order chi connectivity index (χ1) is 14.1. The largest absolute Gasteiger partial charge is 0.450 e. The topological polar surface area (TPSA) is 114 Å². The number of rotatable bonds is 4. The van der Waals surface area contributed by atoms with E-state index in [1.54, 1.807) is 6.92 Å². The van der Waals surface area contributed by atoms with Crippen molar-refractivity contribution in [3.63, 3.8) is 0 Å². The molecule has 1 aromatic carbocycles. The Balaban J connectivity index is 1.96. The summed E-state index contributed by atoms with van der Waals surface area (Å²) in [5, 5.41) is 9.39. The van der Waals surface area contributed by atoms with E-state index in [0.717, 1.165) is 0 Å². The summed E-state index contributed by atoms with van der Waals surface area (Å²) < 4.78 is 6.97. The highest BCUT2D eigenvalue weighted by Crippen LogP contribution is 2.25. The van der Waals surface area contributed by atoms with Crippen LogP contribution in [0.15, 0.2) is 40.3 Å². The SMILES string of the molecule is Cc1ncn(Cc2cnc(C(C)(C)C)[nH]c2=O)c(=O)c1Oc1cc(Cl)cc(C#N)c1. The number of nitrogens with zero attached hydrogens (tertiary/aromatic N) is 4. The number of nitriles is 1. The molecule has 0 amide bonds. The van der Waals surface area contributed by atoms with Gasteiger partial charge in [-0.3, -0.25) is 14.2 Å². The van der Waals surface area contributed by atoms with Crippen molar-refractivity contribution in [2.75, 3.05) is 0 Å². The van der Waals surface area contributed by atoms with Gasteiger partial charge in [-0.15, -0.1) is 0 Å². The van der Waals surface area contributed by atoms with Gasteiger partial charge in [0.2, 0.25) is 5.75 Å². The molecule has 0 unspecified atom stereocenters. The molecule has 0 bridgehead atoms. The van der Waals surface area contributed by atoms with Gasteiger partial charge in [-0.05, 0) is 25.1 Å². The molecule has 2 aromatic heterocycles. The Kier molecular flexibility index (Phi) is 5.76. The van der Waals surface area contributed by atoms with Gasteiger partial charge in [-0.2, -0.15) is 5.26 Å². The van der Waals surface area contributed by atoms with Gasteiger partial charge in [0.05, 0.1) is 35.8 Å². The van der Waals surface area contributed by atoms with Crippen LogP contribution < -0.4 is 15.9 Å². The Morgan fingerprint density at radius 3 is 2.60 bits per heavy atom. The van der Waals surface area contributed by atoms with E-state index in [1.807, 2.05) is 26.8 Å². The summed E-state index contributed by atoms with van der Waals surface area (Å²) in [7, 11) is 0. The number of nitrogens with one attached hydrogen (secondary N) is 1. The van der Waals surface area contributed by atoms with Crippen LogP contribution >= 0.6 is 11.6 Å². The Morgan fingerprint density at radius 2 is 1.97 bits per heavy atom. The standard InChI is InChI=1S/C21H20ClN5O3/c1-12-17(30-16-6-13(8-23)5-15(22)7-16)19(29)27(11-25-12)10-14-9-24-20(21(2,3)4)26-18(14)28/h5-7,9,11H,10H2,1-4H3,(H,24,26,28). The number of H-pyrrole nitrogens is 1. The van der Waals surface area contributed by atoms with Crippen molar-refractivity contribution in [2.24, 2.45) is 0 Å². The second-order valence-electron chi connectivity index (χ2n) is 7.82. The molecule has 30 heavy (non-hydrogen) atoms. The van der Waals surface area contributed by atoms with Crippen LogP contribution in [0.1, 0.15) is 43.4 Å². The molecule has 154 valence electrons. The van der Waals surface area contributed by atoms with Crippen LogP contribution in [0.5, 0.6) is 11.5 Å². The number of benzene rings is 1. The van der Waals surface area contributed by atoms with Gasteiger partial charge in [0.1, 0.15) is 11.6 Å². The summed E-state index contributed by atoms with van der Waals surface area (Å²) in [6.45, 7) is 7.43. The van der Waals surface area contributed by atoms with Gasteiger partial charge in [-0.1, -0.05) is 32.4 Å². The molecule has 0 radical (unpaired) electrons. The predicted molar refractivity (Wildman–Crippen MR) is 112 cm³/mol. The number of hydrogen-bond acceptors (Lipinski definition) is 6. The highest BCUT2D eigenvalue weighted by molar-refractivity contribution is 6.30. The molecule has 0 saturated heterocycles. The first-order valence-electron chi connectivity index (χ1n) is 9.12. The number of aryl methyl sites for hydroxylation is 1. The monoisotopic (exact) mass is 425 g/mol. The molecule has 0 aliphatic rings. The second-order valence-corrected chi connectivity index (χ2v) is 8.25. The van der Waals surface area contributed by atoms with Gasteiger partial charge in [0.15, 0.2) is 0 Å². The number of hydrogen-bond donors (Lipinski definition) is 1. The van der Waals surface area contributed by atoms with Crippen LogP contribution in [0.2, 0.25) is 5.02 Å². The summed E-state index contributed by atoms with van der Waals surface area (Å²) >= 11 is 6.00. The van der Waals surface area contributed by atoms with E-state index in [9.17, 15) is 9.59 Å². The fourth-order valence-corrected chi connectivity index (χ4v) is 2.91. The van der Waals surface area contributed by atoms with Crippen LogP contribution in [0.4, 0.5) is 0 Å². The smallest absolute Gasteiger partial charge is 0.296 e. The Bertz CT molecular complexity index is 1270. The Labute approximate surface area is 177 Å². The molecule has 2 heterocycles. The molecule has 0 aliphatic heterocycles. The van der Waals surface area contributed by atoms with E-state index in [0.29, 0.717) is 27.7 Å². The minimum absolute atomic E-state index is 0.0145. The predicted octanol–water partition coefficient (Wildman–Crippen LogP) is 3.30. The quantitative estimate of drug-likeness (QED) is 0.686. The molecular formula is C21H20ClN5O3. The molecular weight excluding hydrogens is 406 g/mol. The third-order valence-electron chi connectivity index (χ3n) is 4.32. The summed E-state index contributed by atoms with van der Waals surface area (Å²) in [5.41, 5.74) is -0.115. The lowest BCUT2D eigenvalue weighted by atomic mass is 9.96. The molecule has 1 N–H and O–H groups in total. The first-order valence-corrected chi connectivity index (χ1v) is 9.49. The average Bonchev–Trinajstić information content (AvgIpc) is 2.67. The summed E-state index contributed by atoms with van der Waals surface area (Å²) in [6, 6.07) is 6.44. The van der Waals surface area contributed by atoms with Crippen molar-refractivity contribution in [1.82, 2.24) is 19.5 Å². The lowest BCUT2D eigenvalue weighted by Gasteiger charge is -2.17. The van der Waals surface area contributed by atoms with E-state index in [4.69, 9.17) is 21.6 Å². The summed E-state index contributed by atoms with van der Waals surface area (Å²) in [4.78, 5) is 36.6. The lowest BCUT2D eigenvalue weighted by Crippen LogP contribution is -2.28. The molecule has 0 fully saturated rings. The van der Waals surface area contributed by atoms with Gasteiger partial charge in [0, 0.05) is 16.6 Å². The highest BCUT2D eigenvalue weighted by atomic mass is 35.5. The molecule has 0 saturated carbocycles. The van der Waals surface area contributed by atoms with Crippen LogP contribution in [-0.2, 0) is 12.0 Å². The number of ether oxygens (including phenoxy) is 1. The molecule has 8 nitrogen and oxygen atoms in total. The molecule has 3 aromatic rings. The first kappa shape index (κ1) is 21.3. The van der Waals surface area contributed by atoms with Gasteiger partial charge in [0.25, 0.3) is 11.1 Å². The van der Waals surface area contributed by atoms with E-state index in [1.165, 1.54) is 35.3 Å². The normalized spacial score (nSPS) is 11.2. The van der Waals surface area contributed by atoms with E-state index >= 15 is 0 Å². The highest BCUT2D eigenvalue weighted by Gasteiger charge is 2.18. The van der Waals surface area contributed by atoms with E-state index in [2.05, 4.69) is 15.0 Å². The van der Waals surface area contributed by atoms with E-state index < -0.39 is 5.56 Å². The maximum atomic E-state index is 12.9. The van der Waals surface area contributed by atoms with Crippen LogP contribution in [0, 0.1) is 18.3 Å². The summed E-state index contributed by atoms with van der Waals surface area (Å²) in [5.74, 6) is 0.788. The van der Waals surface area contributed by atoms with Crippen LogP contribution in [-0.4, -0.2) is 19.5 Å². The van der Waals surface area contributed by atoms with Crippen LogP contribution in [0.3, 0.4) is 0 Å². The van der Waals surface area contributed by atoms with Crippen molar-refractivity contribution >= 4 is 11.6 Å². The average molecular weight is 426 g/mol. The molecule has 9 heteroatoms. The Hall–Kier alpha value is -3.44. The third-order valence-corrected chi connectivity index (χ3v) is 4.54. The van der Waals surface area contributed by atoms with E-state index in [-0.39, 0.29) is 29.0 Å². The number of aromatic nitrogens is 4. The second kappa shape index (κ2) is 8.13. The van der Waals surface area contributed by atoms with Crippen molar-refractivity contribution in [3.8, 4) is 17.6 Å². The zero-order chi connectivity index (χ0) is 22.1. The third kappa shape index (κ3) is 4.58. The summed E-state index contributed by atoms with van der Waals surface area (Å²) in [6.07, 6.45) is 2.81. The molecule has 0 atom stereocenters. The maximum absolute atomic E-state index is 12.9. The fourth-order valence-electron chi connectivity index (χ4n) is 2.69.